The van der Waals surface area contributed by atoms with Crippen LogP contribution in [0, 0.1) is 6.92 Å². The van der Waals surface area contributed by atoms with Crippen LogP contribution in [0.4, 0.5) is 5.69 Å². The van der Waals surface area contributed by atoms with Gasteiger partial charge in [0.15, 0.2) is 5.82 Å². The van der Waals surface area contributed by atoms with Crippen molar-refractivity contribution >= 4 is 5.69 Å². The van der Waals surface area contributed by atoms with Crippen LogP contribution < -0.4 is 5.32 Å². The number of hydrogen-bond acceptors (Lipinski definition) is 4. The molecule has 3 rings (SSSR count). The van der Waals surface area contributed by atoms with Gasteiger partial charge in [-0.15, -0.1) is 0 Å². The second kappa shape index (κ2) is 5.21. The zero-order valence-corrected chi connectivity index (χ0v) is 11.4. The molecule has 5 nitrogen and oxygen atoms in total. The standard InChI is InChI=1S/C15H16N4O/c1-10(14-7-4-8-20-14)16-13-6-3-5-12(9-13)15-17-11(2)18-19-15/h3-10,16H,1-2H3,(H,17,18,19). The summed E-state index contributed by atoms with van der Waals surface area (Å²) in [6, 6.07) is 12.0. The molecule has 1 aromatic carbocycles. The third kappa shape index (κ3) is 2.56. The Labute approximate surface area is 117 Å². The van der Waals surface area contributed by atoms with Gasteiger partial charge in [0.25, 0.3) is 0 Å². The summed E-state index contributed by atoms with van der Waals surface area (Å²) in [5.41, 5.74) is 1.99. The van der Waals surface area contributed by atoms with Crippen molar-refractivity contribution in [2.75, 3.05) is 5.32 Å². The van der Waals surface area contributed by atoms with E-state index in [1.807, 2.05) is 43.3 Å². The van der Waals surface area contributed by atoms with Crippen LogP contribution in [0.5, 0.6) is 0 Å². The lowest BCUT2D eigenvalue weighted by Gasteiger charge is -2.13. The molecule has 0 radical (unpaired) electrons. The first-order valence-electron chi connectivity index (χ1n) is 6.52. The van der Waals surface area contributed by atoms with Gasteiger partial charge in [0.2, 0.25) is 0 Å². The van der Waals surface area contributed by atoms with Gasteiger partial charge in [-0.1, -0.05) is 12.1 Å². The molecule has 2 aromatic heterocycles. The number of nitrogens with zero attached hydrogens (tertiary/aromatic N) is 2. The molecule has 0 amide bonds. The summed E-state index contributed by atoms with van der Waals surface area (Å²) in [4.78, 5) is 4.34. The van der Waals surface area contributed by atoms with Crippen molar-refractivity contribution in [1.29, 1.82) is 0 Å². The Balaban J connectivity index is 1.81. The van der Waals surface area contributed by atoms with Crippen LogP contribution in [0.2, 0.25) is 0 Å². The van der Waals surface area contributed by atoms with Crippen molar-refractivity contribution in [3.05, 3.63) is 54.2 Å². The molecule has 2 heterocycles. The third-order valence-corrected chi connectivity index (χ3v) is 3.07. The number of aromatic amines is 1. The number of anilines is 1. The lowest BCUT2D eigenvalue weighted by Crippen LogP contribution is -2.05. The fourth-order valence-corrected chi connectivity index (χ4v) is 2.08. The molecular formula is C15H16N4O. The number of rotatable bonds is 4. The van der Waals surface area contributed by atoms with Crippen molar-refractivity contribution in [2.45, 2.75) is 19.9 Å². The molecule has 0 spiro atoms. The van der Waals surface area contributed by atoms with Crippen LogP contribution >= 0.6 is 0 Å². The van der Waals surface area contributed by atoms with Crippen molar-refractivity contribution in [1.82, 2.24) is 15.2 Å². The third-order valence-electron chi connectivity index (χ3n) is 3.07. The predicted molar refractivity (Wildman–Crippen MR) is 77.3 cm³/mol. The molecule has 0 aliphatic carbocycles. The quantitative estimate of drug-likeness (QED) is 0.759. The number of H-pyrrole nitrogens is 1. The number of hydrogen-bond donors (Lipinski definition) is 2. The minimum Gasteiger partial charge on any atom is -0.467 e. The second-order valence-electron chi connectivity index (χ2n) is 4.71. The first-order chi connectivity index (χ1) is 9.72. The summed E-state index contributed by atoms with van der Waals surface area (Å²) in [5.74, 6) is 2.42. The Morgan fingerprint density at radius 1 is 1.25 bits per heavy atom. The number of aryl methyl sites for hydroxylation is 1. The van der Waals surface area contributed by atoms with E-state index in [1.165, 1.54) is 0 Å². The van der Waals surface area contributed by atoms with Gasteiger partial charge in [0.1, 0.15) is 11.6 Å². The lowest BCUT2D eigenvalue weighted by atomic mass is 10.1. The predicted octanol–water partition coefficient (Wildman–Crippen LogP) is 3.55. The SMILES string of the molecule is Cc1nc(-c2cccc(NC(C)c3ccco3)c2)n[nH]1. The van der Waals surface area contributed by atoms with Crippen LogP contribution in [0.3, 0.4) is 0 Å². The van der Waals surface area contributed by atoms with Crippen LogP contribution in [0.1, 0.15) is 24.6 Å². The highest BCUT2D eigenvalue weighted by molar-refractivity contribution is 5.62. The maximum absolute atomic E-state index is 5.39. The van der Waals surface area contributed by atoms with Crippen LogP contribution in [-0.4, -0.2) is 15.2 Å². The average Bonchev–Trinajstić information content (AvgIpc) is 3.10. The highest BCUT2D eigenvalue weighted by Crippen LogP contribution is 2.23. The molecule has 3 aromatic rings. The van der Waals surface area contributed by atoms with E-state index in [0.29, 0.717) is 5.82 Å². The minimum atomic E-state index is 0.106. The number of nitrogens with one attached hydrogen (secondary N) is 2. The molecule has 20 heavy (non-hydrogen) atoms. The van der Waals surface area contributed by atoms with Crippen molar-refractivity contribution < 1.29 is 4.42 Å². The maximum Gasteiger partial charge on any atom is 0.181 e. The van der Waals surface area contributed by atoms with Gasteiger partial charge in [0.05, 0.1) is 12.3 Å². The molecule has 2 N–H and O–H groups in total. The first-order valence-corrected chi connectivity index (χ1v) is 6.52. The molecule has 0 bridgehead atoms. The molecule has 0 fully saturated rings. The molecule has 1 atom stereocenters. The van der Waals surface area contributed by atoms with E-state index in [9.17, 15) is 0 Å². The molecule has 0 saturated carbocycles. The topological polar surface area (TPSA) is 66.7 Å². The molecule has 0 saturated heterocycles. The summed E-state index contributed by atoms with van der Waals surface area (Å²) in [7, 11) is 0. The fourth-order valence-electron chi connectivity index (χ4n) is 2.08. The average molecular weight is 268 g/mol. The van der Waals surface area contributed by atoms with Crippen molar-refractivity contribution in [3.8, 4) is 11.4 Å². The largest absolute Gasteiger partial charge is 0.467 e. The van der Waals surface area contributed by atoms with Gasteiger partial charge in [-0.05, 0) is 38.1 Å². The van der Waals surface area contributed by atoms with Crippen LogP contribution in [0.25, 0.3) is 11.4 Å². The van der Waals surface area contributed by atoms with E-state index in [1.54, 1.807) is 6.26 Å². The maximum atomic E-state index is 5.39. The van der Waals surface area contributed by atoms with Crippen molar-refractivity contribution in [2.24, 2.45) is 0 Å². The summed E-state index contributed by atoms with van der Waals surface area (Å²) in [6.07, 6.45) is 1.68. The van der Waals surface area contributed by atoms with E-state index in [2.05, 4.69) is 27.4 Å². The van der Waals surface area contributed by atoms with E-state index in [0.717, 1.165) is 22.8 Å². The molecule has 5 heteroatoms. The van der Waals surface area contributed by atoms with E-state index >= 15 is 0 Å². The van der Waals surface area contributed by atoms with E-state index < -0.39 is 0 Å². The van der Waals surface area contributed by atoms with E-state index in [4.69, 9.17) is 4.42 Å². The molecule has 102 valence electrons. The molecule has 1 unspecified atom stereocenters. The first kappa shape index (κ1) is 12.5. The smallest absolute Gasteiger partial charge is 0.181 e. The Bertz CT molecular complexity index is 687. The minimum absolute atomic E-state index is 0.106. The number of furan rings is 1. The number of aromatic nitrogens is 3. The van der Waals surface area contributed by atoms with E-state index in [-0.39, 0.29) is 6.04 Å². The Morgan fingerprint density at radius 3 is 2.85 bits per heavy atom. The zero-order valence-electron chi connectivity index (χ0n) is 11.4. The highest BCUT2D eigenvalue weighted by atomic mass is 16.3. The summed E-state index contributed by atoms with van der Waals surface area (Å²) in [5, 5.41) is 10.4. The summed E-state index contributed by atoms with van der Waals surface area (Å²) in [6.45, 7) is 3.94. The fraction of sp³-hybridized carbons (Fsp3) is 0.200. The molecular weight excluding hydrogens is 252 g/mol. The molecule has 0 aliphatic rings. The summed E-state index contributed by atoms with van der Waals surface area (Å²) < 4.78 is 5.39. The van der Waals surface area contributed by atoms with Gasteiger partial charge >= 0.3 is 0 Å². The van der Waals surface area contributed by atoms with Crippen LogP contribution in [0.15, 0.2) is 47.1 Å². The Morgan fingerprint density at radius 2 is 2.15 bits per heavy atom. The summed E-state index contributed by atoms with van der Waals surface area (Å²) >= 11 is 0. The van der Waals surface area contributed by atoms with Gasteiger partial charge in [-0.2, -0.15) is 5.10 Å². The zero-order chi connectivity index (χ0) is 13.9. The van der Waals surface area contributed by atoms with Gasteiger partial charge in [-0.3, -0.25) is 5.10 Å². The van der Waals surface area contributed by atoms with Gasteiger partial charge in [0, 0.05) is 11.3 Å². The Kier molecular flexibility index (Phi) is 3.25. The van der Waals surface area contributed by atoms with Gasteiger partial charge < -0.3 is 9.73 Å². The number of benzene rings is 1. The second-order valence-corrected chi connectivity index (χ2v) is 4.71. The monoisotopic (exact) mass is 268 g/mol. The Hall–Kier alpha value is -2.56. The normalized spacial score (nSPS) is 12.3. The van der Waals surface area contributed by atoms with Crippen LogP contribution in [-0.2, 0) is 0 Å². The van der Waals surface area contributed by atoms with Crippen molar-refractivity contribution in [3.63, 3.8) is 0 Å². The van der Waals surface area contributed by atoms with Gasteiger partial charge in [-0.25, -0.2) is 4.98 Å². The lowest BCUT2D eigenvalue weighted by molar-refractivity contribution is 0.490. The molecule has 0 aliphatic heterocycles. The highest BCUT2D eigenvalue weighted by Gasteiger charge is 2.09.